The standard InChI is InChI=1S/C24H23N3O2S/c28-23(11-10-22-25-16-20(29-22)17-6-2-1-3-7-17)27-14-12-18(13-15-27)24-26-19-8-4-5-9-21(19)30-24/h1-9,16,18H,10-15H2. The maximum Gasteiger partial charge on any atom is 0.223 e. The third-order valence-corrected chi connectivity index (χ3v) is 6.87. The van der Waals surface area contributed by atoms with Crippen molar-refractivity contribution in [3.63, 3.8) is 0 Å². The molecule has 0 spiro atoms. The molecule has 2 aromatic carbocycles. The van der Waals surface area contributed by atoms with E-state index < -0.39 is 0 Å². The van der Waals surface area contributed by atoms with Gasteiger partial charge < -0.3 is 9.32 Å². The van der Waals surface area contributed by atoms with Crippen molar-refractivity contribution in [2.24, 2.45) is 0 Å². The molecule has 1 saturated heterocycles. The lowest BCUT2D eigenvalue weighted by Crippen LogP contribution is -2.38. The topological polar surface area (TPSA) is 59.2 Å². The first-order valence-corrected chi connectivity index (χ1v) is 11.2. The second-order valence-corrected chi connectivity index (χ2v) is 8.72. The van der Waals surface area contributed by atoms with Gasteiger partial charge in [-0.25, -0.2) is 9.97 Å². The van der Waals surface area contributed by atoms with Crippen molar-refractivity contribution in [2.45, 2.75) is 31.6 Å². The molecule has 2 aromatic heterocycles. The van der Waals surface area contributed by atoms with Crippen LogP contribution in [0.3, 0.4) is 0 Å². The third kappa shape index (κ3) is 4.00. The Morgan fingerprint density at radius 2 is 1.83 bits per heavy atom. The Morgan fingerprint density at radius 3 is 2.63 bits per heavy atom. The smallest absolute Gasteiger partial charge is 0.223 e. The zero-order chi connectivity index (χ0) is 20.3. The van der Waals surface area contributed by atoms with E-state index in [1.165, 1.54) is 9.71 Å². The van der Waals surface area contributed by atoms with Crippen LogP contribution in [0, 0.1) is 0 Å². The van der Waals surface area contributed by atoms with Crippen LogP contribution in [0.25, 0.3) is 21.5 Å². The molecule has 152 valence electrons. The van der Waals surface area contributed by atoms with Gasteiger partial charge in [0.15, 0.2) is 11.7 Å². The number of hydrogen-bond acceptors (Lipinski definition) is 5. The maximum atomic E-state index is 12.7. The highest BCUT2D eigenvalue weighted by atomic mass is 32.1. The largest absolute Gasteiger partial charge is 0.441 e. The number of para-hydroxylation sites is 1. The molecule has 0 bridgehead atoms. The molecule has 5 rings (SSSR count). The number of amides is 1. The Hall–Kier alpha value is -2.99. The molecule has 0 aliphatic carbocycles. The fourth-order valence-corrected chi connectivity index (χ4v) is 5.11. The van der Waals surface area contributed by atoms with Crippen molar-refractivity contribution >= 4 is 27.5 Å². The summed E-state index contributed by atoms with van der Waals surface area (Å²) in [7, 11) is 0. The van der Waals surface area contributed by atoms with Gasteiger partial charge in [0.1, 0.15) is 0 Å². The molecule has 0 unspecified atom stereocenters. The molecule has 0 saturated carbocycles. The molecule has 4 aromatic rings. The molecule has 0 atom stereocenters. The van der Waals surface area contributed by atoms with Crippen molar-refractivity contribution in [1.82, 2.24) is 14.9 Å². The van der Waals surface area contributed by atoms with E-state index in [1.807, 2.05) is 41.3 Å². The van der Waals surface area contributed by atoms with E-state index in [1.54, 1.807) is 17.5 Å². The number of hydrogen-bond donors (Lipinski definition) is 0. The van der Waals surface area contributed by atoms with Crippen molar-refractivity contribution < 1.29 is 9.21 Å². The van der Waals surface area contributed by atoms with Gasteiger partial charge in [-0.3, -0.25) is 4.79 Å². The normalized spacial score (nSPS) is 15.0. The van der Waals surface area contributed by atoms with Crippen LogP contribution < -0.4 is 0 Å². The van der Waals surface area contributed by atoms with Gasteiger partial charge in [0.05, 0.1) is 21.4 Å². The van der Waals surface area contributed by atoms with Crippen molar-refractivity contribution in [1.29, 1.82) is 0 Å². The zero-order valence-corrected chi connectivity index (χ0v) is 17.5. The number of fused-ring (bicyclic) bond motifs is 1. The minimum Gasteiger partial charge on any atom is -0.441 e. The third-order valence-electron chi connectivity index (χ3n) is 5.67. The number of oxazole rings is 1. The number of aryl methyl sites for hydroxylation is 1. The molecule has 3 heterocycles. The Morgan fingerprint density at radius 1 is 1.07 bits per heavy atom. The van der Waals surface area contributed by atoms with Crippen LogP contribution in [-0.2, 0) is 11.2 Å². The van der Waals surface area contributed by atoms with Gasteiger partial charge in [0.2, 0.25) is 5.91 Å². The molecule has 1 amide bonds. The summed E-state index contributed by atoms with van der Waals surface area (Å²) in [5.41, 5.74) is 2.08. The molecule has 0 radical (unpaired) electrons. The molecule has 1 aliphatic rings. The Balaban J connectivity index is 1.14. The van der Waals surface area contributed by atoms with Gasteiger partial charge in [-0.2, -0.15) is 0 Å². The predicted molar refractivity (Wildman–Crippen MR) is 118 cm³/mol. The fraction of sp³-hybridized carbons (Fsp3) is 0.292. The van der Waals surface area contributed by atoms with E-state index in [9.17, 15) is 4.79 Å². The number of rotatable bonds is 5. The summed E-state index contributed by atoms with van der Waals surface area (Å²) < 4.78 is 7.06. The van der Waals surface area contributed by atoms with E-state index in [0.29, 0.717) is 24.7 Å². The summed E-state index contributed by atoms with van der Waals surface area (Å²) >= 11 is 1.79. The van der Waals surface area contributed by atoms with Crippen LogP contribution in [0.5, 0.6) is 0 Å². The average molecular weight is 418 g/mol. The Kier molecular flexibility index (Phi) is 5.32. The minimum atomic E-state index is 0.178. The van der Waals surface area contributed by atoms with Gasteiger partial charge in [-0.15, -0.1) is 11.3 Å². The van der Waals surface area contributed by atoms with Crippen LogP contribution in [-0.4, -0.2) is 33.9 Å². The number of carbonyl (C=O) groups excluding carboxylic acids is 1. The monoisotopic (exact) mass is 417 g/mol. The molecule has 1 fully saturated rings. The van der Waals surface area contributed by atoms with Crippen molar-refractivity contribution in [3.05, 3.63) is 71.7 Å². The van der Waals surface area contributed by atoms with E-state index in [2.05, 4.69) is 23.2 Å². The van der Waals surface area contributed by atoms with E-state index in [4.69, 9.17) is 9.40 Å². The fourth-order valence-electron chi connectivity index (χ4n) is 3.97. The molecular weight excluding hydrogens is 394 g/mol. The van der Waals surface area contributed by atoms with Gasteiger partial charge in [-0.1, -0.05) is 42.5 Å². The lowest BCUT2D eigenvalue weighted by molar-refractivity contribution is -0.132. The van der Waals surface area contributed by atoms with E-state index in [0.717, 1.165) is 42.8 Å². The highest BCUT2D eigenvalue weighted by Crippen LogP contribution is 2.34. The van der Waals surface area contributed by atoms with Crippen LogP contribution >= 0.6 is 11.3 Å². The van der Waals surface area contributed by atoms with Gasteiger partial charge in [0, 0.05) is 37.4 Å². The number of thiazole rings is 1. The summed E-state index contributed by atoms with van der Waals surface area (Å²) in [6, 6.07) is 18.2. The highest BCUT2D eigenvalue weighted by molar-refractivity contribution is 7.18. The SMILES string of the molecule is O=C(CCc1ncc(-c2ccccc2)o1)N1CCC(c2nc3ccccc3s2)CC1. The lowest BCUT2D eigenvalue weighted by Gasteiger charge is -2.31. The summed E-state index contributed by atoms with van der Waals surface area (Å²) in [6.07, 6.45) is 4.65. The number of likely N-dealkylation sites (tertiary alicyclic amines) is 1. The first-order valence-electron chi connectivity index (χ1n) is 10.4. The predicted octanol–water partition coefficient (Wildman–Crippen LogP) is 5.29. The lowest BCUT2D eigenvalue weighted by atomic mass is 9.97. The number of benzene rings is 2. The number of aromatic nitrogens is 2. The second kappa shape index (κ2) is 8.40. The number of carbonyl (C=O) groups is 1. The van der Waals surface area contributed by atoms with Gasteiger partial charge in [-0.05, 0) is 25.0 Å². The van der Waals surface area contributed by atoms with Crippen LogP contribution in [0.15, 0.2) is 65.2 Å². The molecule has 30 heavy (non-hydrogen) atoms. The quantitative estimate of drug-likeness (QED) is 0.443. The molecule has 1 aliphatic heterocycles. The van der Waals surface area contributed by atoms with E-state index >= 15 is 0 Å². The molecular formula is C24H23N3O2S. The minimum absolute atomic E-state index is 0.178. The average Bonchev–Trinajstić information content (AvgIpc) is 3.45. The summed E-state index contributed by atoms with van der Waals surface area (Å²) in [5, 5.41) is 1.21. The maximum absolute atomic E-state index is 12.7. The second-order valence-electron chi connectivity index (χ2n) is 7.66. The molecule has 5 nitrogen and oxygen atoms in total. The zero-order valence-electron chi connectivity index (χ0n) is 16.7. The van der Waals surface area contributed by atoms with Crippen LogP contribution in [0.4, 0.5) is 0 Å². The van der Waals surface area contributed by atoms with Gasteiger partial charge in [0.25, 0.3) is 0 Å². The van der Waals surface area contributed by atoms with Crippen LogP contribution in [0.2, 0.25) is 0 Å². The first kappa shape index (κ1) is 19.0. The Labute approximate surface area is 179 Å². The van der Waals surface area contributed by atoms with Crippen molar-refractivity contribution in [3.8, 4) is 11.3 Å². The van der Waals surface area contributed by atoms with E-state index in [-0.39, 0.29) is 5.91 Å². The number of piperidine rings is 1. The molecule has 0 N–H and O–H groups in total. The number of nitrogens with zero attached hydrogens (tertiary/aromatic N) is 3. The Bertz CT molecular complexity index is 1110. The van der Waals surface area contributed by atoms with Crippen LogP contribution in [0.1, 0.15) is 36.1 Å². The van der Waals surface area contributed by atoms with Crippen molar-refractivity contribution in [2.75, 3.05) is 13.1 Å². The van der Waals surface area contributed by atoms with Gasteiger partial charge >= 0.3 is 0 Å². The highest BCUT2D eigenvalue weighted by Gasteiger charge is 2.26. The summed E-state index contributed by atoms with van der Waals surface area (Å²) in [5.74, 6) is 1.99. The first-order chi connectivity index (χ1) is 14.8. The summed E-state index contributed by atoms with van der Waals surface area (Å²) in [6.45, 7) is 1.58. The molecule has 6 heteroatoms. The summed E-state index contributed by atoms with van der Waals surface area (Å²) in [4.78, 5) is 23.8.